The lowest BCUT2D eigenvalue weighted by Gasteiger charge is -1.83. The van der Waals surface area contributed by atoms with Crippen LogP contribution in [0.5, 0.6) is 0 Å². The minimum absolute atomic E-state index is 0.661. The van der Waals surface area contributed by atoms with Crippen LogP contribution in [0.3, 0.4) is 0 Å². The van der Waals surface area contributed by atoms with Gasteiger partial charge in [-0.25, -0.2) is 0 Å². The Morgan fingerprint density at radius 2 is 1.82 bits per heavy atom. The third-order valence-corrected chi connectivity index (χ3v) is 1.36. The fourth-order valence-electron chi connectivity index (χ4n) is 0.829. The third-order valence-electron chi connectivity index (χ3n) is 1.36. The lowest BCUT2D eigenvalue weighted by molar-refractivity contribution is 1.47. The van der Waals surface area contributed by atoms with Gasteiger partial charge in [-0.05, 0) is 5.22 Å². The van der Waals surface area contributed by atoms with E-state index in [-0.39, 0.29) is 0 Å². The van der Waals surface area contributed by atoms with E-state index in [1.54, 1.807) is 18.2 Å². The van der Waals surface area contributed by atoms with Gasteiger partial charge in [0.25, 0.3) is 0 Å². The van der Waals surface area contributed by atoms with Crippen LogP contribution in [-0.4, -0.2) is 0 Å². The second kappa shape index (κ2) is 3.43. The molecule has 0 saturated heterocycles. The molecule has 0 aliphatic carbocycles. The van der Waals surface area contributed by atoms with Gasteiger partial charge in [-0.3, -0.25) is 0 Å². The molecule has 0 aliphatic heterocycles. The SMILES string of the molecule is [N]/C=c1/cccc/c1=C\C#N. The molecule has 0 N–H and O–H groups in total. The molecule has 0 aromatic heterocycles. The molecule has 0 unspecified atom stereocenters. The predicted octanol–water partition coefficient (Wildman–Crippen LogP) is -0.203. The summed E-state index contributed by atoms with van der Waals surface area (Å²) in [5.74, 6) is 0. The first-order chi connectivity index (χ1) is 5.38. The highest BCUT2D eigenvalue weighted by atomic mass is 14.5. The molecule has 0 heterocycles. The van der Waals surface area contributed by atoms with E-state index in [1.165, 1.54) is 6.08 Å². The van der Waals surface area contributed by atoms with E-state index in [2.05, 4.69) is 0 Å². The van der Waals surface area contributed by atoms with Gasteiger partial charge in [0, 0.05) is 11.3 Å². The summed E-state index contributed by atoms with van der Waals surface area (Å²) in [4.78, 5) is 0. The molecule has 0 spiro atoms. The smallest absolute Gasteiger partial charge is 0.0918 e. The Bertz CT molecular complexity index is 385. The highest BCUT2D eigenvalue weighted by Crippen LogP contribution is 1.70. The van der Waals surface area contributed by atoms with E-state index in [0.717, 1.165) is 11.4 Å². The second-order valence-corrected chi connectivity index (χ2v) is 2.03. The van der Waals surface area contributed by atoms with Crippen molar-refractivity contribution in [3.05, 3.63) is 34.7 Å². The van der Waals surface area contributed by atoms with Gasteiger partial charge in [0.2, 0.25) is 0 Å². The fourth-order valence-corrected chi connectivity index (χ4v) is 0.829. The largest absolute Gasteiger partial charge is 0.193 e. The van der Waals surface area contributed by atoms with Crippen LogP contribution in [-0.2, 0) is 0 Å². The van der Waals surface area contributed by atoms with E-state index in [0.29, 0.717) is 5.22 Å². The summed E-state index contributed by atoms with van der Waals surface area (Å²) in [7, 11) is 0. The van der Waals surface area contributed by atoms with E-state index >= 15 is 0 Å². The van der Waals surface area contributed by atoms with Crippen molar-refractivity contribution >= 4 is 12.3 Å². The van der Waals surface area contributed by atoms with Crippen molar-refractivity contribution in [1.29, 1.82) is 5.26 Å². The first-order valence-corrected chi connectivity index (χ1v) is 3.18. The van der Waals surface area contributed by atoms with Crippen molar-refractivity contribution in [2.24, 2.45) is 0 Å². The highest BCUT2D eigenvalue weighted by Gasteiger charge is 1.80. The molecule has 0 amide bonds. The van der Waals surface area contributed by atoms with Gasteiger partial charge in [0.1, 0.15) is 0 Å². The maximum Gasteiger partial charge on any atom is 0.0918 e. The van der Waals surface area contributed by atoms with Crippen molar-refractivity contribution in [2.45, 2.75) is 0 Å². The number of nitrogens with zero attached hydrogens (tertiary/aromatic N) is 2. The second-order valence-electron chi connectivity index (χ2n) is 2.03. The first kappa shape index (κ1) is 7.36. The monoisotopic (exact) mass is 142 g/mol. The van der Waals surface area contributed by atoms with Crippen molar-refractivity contribution in [1.82, 2.24) is 5.73 Å². The lowest BCUT2D eigenvalue weighted by atomic mass is 10.2. The fraction of sp³-hybridized carbons (Fsp3) is 0. The summed E-state index contributed by atoms with van der Waals surface area (Å²) < 4.78 is 0. The standard InChI is InChI=1S/C9H6N2/c10-6-5-8-3-1-2-4-9(8)7-11/h1-5,7H/b8-5+,9-7-. The van der Waals surface area contributed by atoms with Gasteiger partial charge in [0.05, 0.1) is 12.3 Å². The van der Waals surface area contributed by atoms with Crippen molar-refractivity contribution in [3.8, 4) is 6.07 Å². The lowest BCUT2D eigenvalue weighted by Crippen LogP contribution is -2.23. The van der Waals surface area contributed by atoms with Gasteiger partial charge in [-0.2, -0.15) is 11.0 Å². The van der Waals surface area contributed by atoms with E-state index in [1.807, 2.05) is 12.1 Å². The molecule has 0 bridgehead atoms. The topological polar surface area (TPSA) is 46.1 Å². The van der Waals surface area contributed by atoms with Gasteiger partial charge < -0.3 is 0 Å². The minimum atomic E-state index is 0.661. The van der Waals surface area contributed by atoms with Crippen molar-refractivity contribution in [3.63, 3.8) is 0 Å². The molecule has 52 valence electrons. The molecule has 0 fully saturated rings. The Labute approximate surface area is 64.9 Å². The molecule has 11 heavy (non-hydrogen) atoms. The van der Waals surface area contributed by atoms with Crippen LogP contribution in [0.25, 0.3) is 12.3 Å². The Morgan fingerprint density at radius 3 is 2.36 bits per heavy atom. The molecular formula is C9H6N2. The molecule has 1 aromatic rings. The normalized spacial score (nSPS) is 13.0. The zero-order valence-electron chi connectivity index (χ0n) is 5.86. The average Bonchev–Trinajstić information content (AvgIpc) is 2.06. The molecule has 0 aliphatic rings. The Kier molecular flexibility index (Phi) is 2.29. The van der Waals surface area contributed by atoms with Crippen LogP contribution in [0.15, 0.2) is 24.3 Å². The molecule has 2 heteroatoms. The van der Waals surface area contributed by atoms with E-state index in [4.69, 9.17) is 11.0 Å². The summed E-state index contributed by atoms with van der Waals surface area (Å²) in [6.45, 7) is 0. The van der Waals surface area contributed by atoms with Crippen LogP contribution >= 0.6 is 0 Å². The first-order valence-electron chi connectivity index (χ1n) is 3.18. The Balaban J connectivity index is 3.52. The summed E-state index contributed by atoms with van der Waals surface area (Å²) >= 11 is 0. The van der Waals surface area contributed by atoms with Crippen LogP contribution in [0.2, 0.25) is 0 Å². The van der Waals surface area contributed by atoms with Gasteiger partial charge >= 0.3 is 0 Å². The Morgan fingerprint density at radius 1 is 1.18 bits per heavy atom. The van der Waals surface area contributed by atoms with Crippen molar-refractivity contribution in [2.75, 3.05) is 0 Å². The molecule has 1 rings (SSSR count). The van der Waals surface area contributed by atoms with Gasteiger partial charge in [-0.15, -0.1) is 0 Å². The zero-order valence-corrected chi connectivity index (χ0v) is 5.86. The zero-order chi connectivity index (χ0) is 8.10. The van der Waals surface area contributed by atoms with Crippen molar-refractivity contribution < 1.29 is 0 Å². The summed E-state index contributed by atoms with van der Waals surface area (Å²) in [6.07, 6.45) is 2.38. The number of nitriles is 1. The van der Waals surface area contributed by atoms with Crippen LogP contribution in [0, 0.1) is 11.3 Å². The molecule has 0 saturated carbocycles. The molecule has 2 radical (unpaired) electrons. The van der Waals surface area contributed by atoms with E-state index < -0.39 is 0 Å². The maximum absolute atomic E-state index is 8.69. The third kappa shape index (κ3) is 1.59. The minimum Gasteiger partial charge on any atom is -0.193 e. The van der Waals surface area contributed by atoms with Crippen LogP contribution < -0.4 is 16.2 Å². The van der Waals surface area contributed by atoms with Crippen LogP contribution in [0.4, 0.5) is 0 Å². The van der Waals surface area contributed by atoms with Crippen LogP contribution in [0.1, 0.15) is 0 Å². The summed E-state index contributed by atoms with van der Waals surface area (Å²) in [6, 6.07) is 9.03. The molecular weight excluding hydrogens is 136 g/mol. The summed E-state index contributed by atoms with van der Waals surface area (Å²) in [5.41, 5.74) is 8.69. The highest BCUT2D eigenvalue weighted by molar-refractivity contribution is 5.41. The van der Waals surface area contributed by atoms with Gasteiger partial charge in [0.15, 0.2) is 0 Å². The molecule has 0 atom stereocenters. The Hall–Kier alpha value is -1.75. The number of hydrogen-bond acceptors (Lipinski definition) is 1. The number of benzene rings is 1. The summed E-state index contributed by atoms with van der Waals surface area (Å²) in [5, 5.41) is 9.73. The van der Waals surface area contributed by atoms with Gasteiger partial charge in [-0.1, -0.05) is 24.3 Å². The maximum atomic E-state index is 8.69. The number of rotatable bonds is 0. The predicted molar refractivity (Wildman–Crippen MR) is 42.4 cm³/mol. The van der Waals surface area contributed by atoms with E-state index in [9.17, 15) is 0 Å². The number of hydrogen-bond donors (Lipinski definition) is 0. The average molecular weight is 142 g/mol. The quantitative estimate of drug-likeness (QED) is 0.494. The molecule has 1 aromatic carbocycles. The molecule has 2 nitrogen and oxygen atoms in total.